The van der Waals surface area contributed by atoms with Crippen molar-refractivity contribution in [2.45, 2.75) is 104 Å². The van der Waals surface area contributed by atoms with Gasteiger partial charge in [-0.15, -0.1) is 0 Å². The lowest BCUT2D eigenvalue weighted by Crippen LogP contribution is -2.45. The molecule has 0 heterocycles. The van der Waals surface area contributed by atoms with Gasteiger partial charge in [0.25, 0.3) is 0 Å². The molecule has 2 amide bonds. The zero-order valence-corrected chi connectivity index (χ0v) is 24.4. The fraction of sp³-hybridized carbons (Fsp3) is 0.750. The van der Waals surface area contributed by atoms with Gasteiger partial charge in [-0.3, -0.25) is 9.59 Å². The van der Waals surface area contributed by atoms with Crippen LogP contribution in [0, 0.1) is 17.8 Å². The lowest BCUT2D eigenvalue weighted by atomic mass is 9.70. The van der Waals surface area contributed by atoms with Crippen LogP contribution < -0.4 is 0 Å². The second-order valence-electron chi connectivity index (χ2n) is 11.7. The van der Waals surface area contributed by atoms with Crippen LogP contribution in [0.25, 0.3) is 0 Å². The third kappa shape index (κ3) is 9.42. The maximum Gasteiger partial charge on any atom is 0.242 e. The summed E-state index contributed by atoms with van der Waals surface area (Å²) in [6.45, 7) is 9.68. The number of aliphatic hydroxyl groups is 1. The van der Waals surface area contributed by atoms with E-state index in [-0.39, 0.29) is 36.3 Å². The van der Waals surface area contributed by atoms with E-state index in [0.717, 1.165) is 44.4 Å². The highest BCUT2D eigenvalue weighted by atomic mass is 16.3. The number of unbranched alkanes of at least 4 members (excludes halogenated alkanes) is 1. The van der Waals surface area contributed by atoms with Gasteiger partial charge in [-0.05, 0) is 54.9 Å². The third-order valence-corrected chi connectivity index (χ3v) is 8.88. The Kier molecular flexibility index (Phi) is 13.7. The Hall–Kier alpha value is -1.88. The standard InChI is InChI=1S/C32H54N2O3/c1-6-8-19-32(18-7-2,29-16-10-9-11-17-29)20-13-21-34(25-30(36)33(5)22-23-35)31(37)27(4)26(3)24-28-14-12-15-28/h9-11,16-17,26-28,35H,6-8,12-15,18-25H2,1-5H3. The molecule has 1 N–H and O–H groups in total. The topological polar surface area (TPSA) is 60.9 Å². The number of benzene rings is 1. The maximum atomic E-state index is 13.7. The normalized spacial score (nSPS) is 16.9. The summed E-state index contributed by atoms with van der Waals surface area (Å²) in [5, 5.41) is 9.29. The largest absolute Gasteiger partial charge is 0.395 e. The zero-order valence-electron chi connectivity index (χ0n) is 24.4. The van der Waals surface area contributed by atoms with Gasteiger partial charge in [0.05, 0.1) is 13.2 Å². The molecule has 1 aliphatic carbocycles. The van der Waals surface area contributed by atoms with E-state index < -0.39 is 0 Å². The number of nitrogens with zero attached hydrogens (tertiary/aromatic N) is 2. The highest BCUT2D eigenvalue weighted by Gasteiger charge is 2.33. The van der Waals surface area contributed by atoms with Crippen LogP contribution in [0.2, 0.25) is 0 Å². The van der Waals surface area contributed by atoms with Gasteiger partial charge in [0, 0.05) is 26.1 Å². The first-order valence-electron chi connectivity index (χ1n) is 15.0. The van der Waals surface area contributed by atoms with Crippen molar-refractivity contribution in [3.8, 4) is 0 Å². The van der Waals surface area contributed by atoms with Crippen LogP contribution in [0.3, 0.4) is 0 Å². The van der Waals surface area contributed by atoms with Crippen LogP contribution in [-0.4, -0.2) is 60.0 Å². The van der Waals surface area contributed by atoms with Crippen LogP contribution in [0.5, 0.6) is 0 Å². The van der Waals surface area contributed by atoms with Crippen LogP contribution >= 0.6 is 0 Å². The van der Waals surface area contributed by atoms with Crippen LogP contribution in [-0.2, 0) is 15.0 Å². The maximum absolute atomic E-state index is 13.7. The van der Waals surface area contributed by atoms with E-state index in [2.05, 4.69) is 51.1 Å². The number of amides is 2. The van der Waals surface area contributed by atoms with Crippen molar-refractivity contribution in [3.63, 3.8) is 0 Å². The highest BCUT2D eigenvalue weighted by molar-refractivity contribution is 5.85. The molecule has 3 unspecified atom stereocenters. The van der Waals surface area contributed by atoms with Crippen LogP contribution in [0.15, 0.2) is 30.3 Å². The molecule has 0 aliphatic heterocycles. The number of carbonyl (C=O) groups excluding carboxylic acids is 2. The summed E-state index contributed by atoms with van der Waals surface area (Å²) in [5.74, 6) is 0.988. The van der Waals surface area contributed by atoms with E-state index in [4.69, 9.17) is 0 Å². The molecule has 0 saturated heterocycles. The molecule has 5 nitrogen and oxygen atoms in total. The van der Waals surface area contributed by atoms with E-state index >= 15 is 0 Å². The summed E-state index contributed by atoms with van der Waals surface area (Å²) in [6.07, 6.45) is 12.7. The minimum absolute atomic E-state index is 0.0704. The molecule has 0 aromatic heterocycles. The van der Waals surface area contributed by atoms with Crippen LogP contribution in [0.1, 0.15) is 104 Å². The zero-order chi connectivity index (χ0) is 27.3. The van der Waals surface area contributed by atoms with E-state index in [0.29, 0.717) is 19.0 Å². The summed E-state index contributed by atoms with van der Waals surface area (Å²) in [7, 11) is 1.70. The first kappa shape index (κ1) is 31.3. The lowest BCUT2D eigenvalue weighted by Gasteiger charge is -2.36. The number of hydrogen-bond acceptors (Lipinski definition) is 3. The monoisotopic (exact) mass is 514 g/mol. The predicted octanol–water partition coefficient (Wildman–Crippen LogP) is 6.44. The molecule has 3 atom stereocenters. The van der Waals surface area contributed by atoms with Crippen molar-refractivity contribution in [2.24, 2.45) is 17.8 Å². The van der Waals surface area contributed by atoms with Gasteiger partial charge in [0.1, 0.15) is 0 Å². The molecule has 2 rings (SSSR count). The Morgan fingerprint density at radius 1 is 1.00 bits per heavy atom. The second-order valence-corrected chi connectivity index (χ2v) is 11.7. The highest BCUT2D eigenvalue weighted by Crippen LogP contribution is 2.39. The van der Waals surface area contributed by atoms with Crippen molar-refractivity contribution in [3.05, 3.63) is 35.9 Å². The van der Waals surface area contributed by atoms with Crippen molar-refractivity contribution in [1.82, 2.24) is 9.80 Å². The van der Waals surface area contributed by atoms with Gasteiger partial charge in [-0.2, -0.15) is 0 Å². The van der Waals surface area contributed by atoms with Crippen molar-refractivity contribution in [1.29, 1.82) is 0 Å². The molecular formula is C32H54N2O3. The average Bonchev–Trinajstić information content (AvgIpc) is 2.88. The van der Waals surface area contributed by atoms with Crippen LogP contribution in [0.4, 0.5) is 0 Å². The quantitative estimate of drug-likeness (QED) is 0.245. The Morgan fingerprint density at radius 3 is 2.24 bits per heavy atom. The Balaban J connectivity index is 2.17. The molecule has 1 aromatic carbocycles. The van der Waals surface area contributed by atoms with Gasteiger partial charge < -0.3 is 14.9 Å². The number of hydrogen-bond donors (Lipinski definition) is 1. The van der Waals surface area contributed by atoms with Crippen molar-refractivity contribution in [2.75, 3.05) is 33.3 Å². The molecule has 1 fully saturated rings. The van der Waals surface area contributed by atoms with E-state index in [1.807, 2.05) is 11.8 Å². The van der Waals surface area contributed by atoms with Gasteiger partial charge in [-0.25, -0.2) is 0 Å². The SMILES string of the molecule is CCCCC(CCC)(CCCN(CC(=O)N(C)CCO)C(=O)C(C)C(C)CC1CCC1)c1ccccc1. The molecule has 1 aliphatic rings. The Morgan fingerprint density at radius 2 is 1.68 bits per heavy atom. The summed E-state index contributed by atoms with van der Waals surface area (Å²) in [4.78, 5) is 30.0. The fourth-order valence-electron chi connectivity index (χ4n) is 6.02. The van der Waals surface area contributed by atoms with Crippen molar-refractivity contribution < 1.29 is 14.7 Å². The first-order valence-corrected chi connectivity index (χ1v) is 15.0. The minimum atomic E-state index is -0.102. The Labute approximate surface area is 227 Å². The van der Waals surface area contributed by atoms with E-state index in [9.17, 15) is 14.7 Å². The first-order chi connectivity index (χ1) is 17.8. The fourth-order valence-corrected chi connectivity index (χ4v) is 6.02. The van der Waals surface area contributed by atoms with Gasteiger partial charge in [0.2, 0.25) is 11.8 Å². The number of rotatable bonds is 18. The van der Waals surface area contributed by atoms with Gasteiger partial charge in [-0.1, -0.05) is 96.6 Å². The number of likely N-dealkylation sites (N-methyl/N-ethyl adjacent to an activating group) is 1. The Bertz CT molecular complexity index is 794. The summed E-state index contributed by atoms with van der Waals surface area (Å²) in [6, 6.07) is 10.9. The van der Waals surface area contributed by atoms with Crippen molar-refractivity contribution >= 4 is 11.8 Å². The average molecular weight is 515 g/mol. The smallest absolute Gasteiger partial charge is 0.242 e. The number of carbonyl (C=O) groups is 2. The van der Waals surface area contributed by atoms with Gasteiger partial charge >= 0.3 is 0 Å². The van der Waals surface area contributed by atoms with E-state index in [1.165, 1.54) is 42.6 Å². The molecule has 37 heavy (non-hydrogen) atoms. The predicted molar refractivity (Wildman–Crippen MR) is 153 cm³/mol. The molecule has 1 aromatic rings. The van der Waals surface area contributed by atoms with Gasteiger partial charge in [0.15, 0.2) is 0 Å². The molecule has 0 radical (unpaired) electrons. The summed E-state index contributed by atoms with van der Waals surface area (Å²) in [5.41, 5.74) is 1.52. The molecule has 5 heteroatoms. The lowest BCUT2D eigenvalue weighted by molar-refractivity contribution is -0.143. The van der Waals surface area contributed by atoms with E-state index in [1.54, 1.807) is 7.05 Å². The summed E-state index contributed by atoms with van der Waals surface area (Å²) >= 11 is 0. The molecule has 0 bridgehead atoms. The third-order valence-electron chi connectivity index (χ3n) is 8.88. The molecule has 210 valence electrons. The summed E-state index contributed by atoms with van der Waals surface area (Å²) < 4.78 is 0. The molecule has 0 spiro atoms. The number of aliphatic hydroxyl groups excluding tert-OH is 1. The minimum Gasteiger partial charge on any atom is -0.395 e. The second kappa shape index (κ2) is 16.2. The molecular weight excluding hydrogens is 460 g/mol. The molecule has 1 saturated carbocycles.